The molecule has 0 amide bonds. The Balaban J connectivity index is 1.81. The molecule has 1 aliphatic rings. The van der Waals surface area contributed by atoms with Gasteiger partial charge in [-0.2, -0.15) is 10.1 Å². The molecule has 2 N–H and O–H groups in total. The van der Waals surface area contributed by atoms with Crippen LogP contribution in [0, 0.1) is 0 Å². The molecule has 128 valence electrons. The molecular formula is C18H20N6O. The lowest BCUT2D eigenvalue weighted by molar-refractivity contribution is 0.726. The number of aromatic amines is 1. The van der Waals surface area contributed by atoms with Gasteiger partial charge in [-0.15, -0.1) is 0 Å². The van der Waals surface area contributed by atoms with Gasteiger partial charge in [0.1, 0.15) is 16.7 Å². The second kappa shape index (κ2) is 6.88. The first-order chi connectivity index (χ1) is 12.3. The van der Waals surface area contributed by atoms with Crippen molar-refractivity contribution >= 4 is 28.4 Å². The summed E-state index contributed by atoms with van der Waals surface area (Å²) in [6.07, 6.45) is 6.32. The Bertz CT molecular complexity index is 916. The minimum absolute atomic E-state index is 0.293. The molecular weight excluding hydrogens is 316 g/mol. The second-order valence-corrected chi connectivity index (χ2v) is 6.22. The maximum absolute atomic E-state index is 12.3. The van der Waals surface area contributed by atoms with E-state index in [4.69, 9.17) is 0 Å². The van der Waals surface area contributed by atoms with E-state index < -0.39 is 0 Å². The van der Waals surface area contributed by atoms with Crippen LogP contribution in [0.5, 0.6) is 0 Å². The molecule has 2 aromatic heterocycles. The molecule has 0 spiro atoms. The van der Waals surface area contributed by atoms with Gasteiger partial charge in [0.05, 0.1) is 6.20 Å². The Morgan fingerprint density at radius 3 is 2.52 bits per heavy atom. The van der Waals surface area contributed by atoms with Gasteiger partial charge in [-0.1, -0.05) is 31.0 Å². The number of para-hydroxylation sites is 1. The summed E-state index contributed by atoms with van der Waals surface area (Å²) in [7, 11) is 0. The SMILES string of the molecule is O=c1[nH]ncc2nc(N3CCCCCC3)nc(Nc3ccccc3)c12. The highest BCUT2D eigenvalue weighted by molar-refractivity contribution is 5.90. The number of aromatic nitrogens is 4. The molecule has 7 nitrogen and oxygen atoms in total. The van der Waals surface area contributed by atoms with Gasteiger partial charge in [0, 0.05) is 18.8 Å². The van der Waals surface area contributed by atoms with Gasteiger partial charge in [0.2, 0.25) is 5.95 Å². The first-order valence-electron chi connectivity index (χ1n) is 8.64. The average Bonchev–Trinajstić information content (AvgIpc) is 2.92. The standard InChI is InChI=1S/C18H20N6O/c25-17-15-14(12-19-23-17)21-18(24-10-6-1-2-7-11-24)22-16(15)20-13-8-4-3-5-9-13/h3-5,8-9,12H,1-2,6-7,10-11H2,(H,23,25)(H,20,21,22). The zero-order chi connectivity index (χ0) is 17.1. The lowest BCUT2D eigenvalue weighted by atomic mass is 10.2. The highest BCUT2D eigenvalue weighted by Gasteiger charge is 2.17. The zero-order valence-electron chi connectivity index (χ0n) is 13.9. The van der Waals surface area contributed by atoms with Gasteiger partial charge in [-0.25, -0.2) is 10.1 Å². The molecule has 0 aliphatic carbocycles. The molecule has 25 heavy (non-hydrogen) atoms. The number of hydrogen-bond donors (Lipinski definition) is 2. The van der Waals surface area contributed by atoms with Crippen molar-refractivity contribution in [2.24, 2.45) is 0 Å². The zero-order valence-corrected chi connectivity index (χ0v) is 13.9. The highest BCUT2D eigenvalue weighted by atomic mass is 16.1. The van der Waals surface area contributed by atoms with Crippen LogP contribution in [0.15, 0.2) is 41.3 Å². The van der Waals surface area contributed by atoms with E-state index in [9.17, 15) is 4.79 Å². The molecule has 0 bridgehead atoms. The molecule has 4 rings (SSSR count). The van der Waals surface area contributed by atoms with Crippen molar-refractivity contribution in [3.8, 4) is 0 Å². The molecule has 0 saturated carbocycles. The van der Waals surface area contributed by atoms with Crippen LogP contribution in [-0.4, -0.2) is 33.3 Å². The van der Waals surface area contributed by atoms with Crippen molar-refractivity contribution in [1.82, 2.24) is 20.2 Å². The Hall–Kier alpha value is -2.96. The molecule has 1 saturated heterocycles. The Labute approximate surface area is 145 Å². The fourth-order valence-electron chi connectivity index (χ4n) is 3.15. The molecule has 0 radical (unpaired) electrons. The summed E-state index contributed by atoms with van der Waals surface area (Å²) in [4.78, 5) is 23.8. The number of hydrogen-bond acceptors (Lipinski definition) is 6. The Morgan fingerprint density at radius 2 is 1.76 bits per heavy atom. The lowest BCUT2D eigenvalue weighted by Crippen LogP contribution is -2.26. The van der Waals surface area contributed by atoms with Crippen LogP contribution in [0.1, 0.15) is 25.7 Å². The average molecular weight is 336 g/mol. The number of benzene rings is 1. The van der Waals surface area contributed by atoms with Crippen molar-refractivity contribution in [3.63, 3.8) is 0 Å². The van der Waals surface area contributed by atoms with Crippen LogP contribution in [0.25, 0.3) is 10.9 Å². The number of fused-ring (bicyclic) bond motifs is 1. The maximum Gasteiger partial charge on any atom is 0.277 e. The smallest absolute Gasteiger partial charge is 0.277 e. The molecule has 7 heteroatoms. The molecule has 0 unspecified atom stereocenters. The fourth-order valence-corrected chi connectivity index (χ4v) is 3.15. The van der Waals surface area contributed by atoms with Gasteiger partial charge in [0.15, 0.2) is 0 Å². The largest absolute Gasteiger partial charge is 0.341 e. The van der Waals surface area contributed by atoms with E-state index in [1.165, 1.54) is 12.8 Å². The van der Waals surface area contributed by atoms with Crippen LogP contribution < -0.4 is 15.8 Å². The first kappa shape index (κ1) is 15.6. The van der Waals surface area contributed by atoms with E-state index in [0.717, 1.165) is 31.6 Å². The number of anilines is 3. The summed E-state index contributed by atoms with van der Waals surface area (Å²) in [6.45, 7) is 1.87. The van der Waals surface area contributed by atoms with Crippen molar-refractivity contribution in [2.75, 3.05) is 23.3 Å². The van der Waals surface area contributed by atoms with Crippen LogP contribution in [0.2, 0.25) is 0 Å². The van der Waals surface area contributed by atoms with E-state index >= 15 is 0 Å². The van der Waals surface area contributed by atoms with Gasteiger partial charge in [0.25, 0.3) is 5.56 Å². The topological polar surface area (TPSA) is 86.8 Å². The van der Waals surface area contributed by atoms with Crippen molar-refractivity contribution < 1.29 is 0 Å². The summed E-state index contributed by atoms with van der Waals surface area (Å²) in [5.74, 6) is 1.17. The Kier molecular flexibility index (Phi) is 4.28. The van der Waals surface area contributed by atoms with Crippen molar-refractivity contribution in [3.05, 3.63) is 46.9 Å². The van der Waals surface area contributed by atoms with E-state index in [0.29, 0.717) is 22.7 Å². The molecule has 0 atom stereocenters. The Morgan fingerprint density at radius 1 is 1.00 bits per heavy atom. The highest BCUT2D eigenvalue weighted by Crippen LogP contribution is 2.24. The molecule has 1 fully saturated rings. The van der Waals surface area contributed by atoms with E-state index in [2.05, 4.69) is 30.4 Å². The molecule has 3 aromatic rings. The normalized spacial score (nSPS) is 15.1. The third-order valence-electron chi connectivity index (χ3n) is 4.43. The maximum atomic E-state index is 12.3. The van der Waals surface area contributed by atoms with Gasteiger partial charge in [-0.3, -0.25) is 4.79 Å². The van der Waals surface area contributed by atoms with Gasteiger partial charge < -0.3 is 10.2 Å². The predicted molar refractivity (Wildman–Crippen MR) is 98.4 cm³/mol. The van der Waals surface area contributed by atoms with Crippen LogP contribution in [-0.2, 0) is 0 Å². The van der Waals surface area contributed by atoms with E-state index in [-0.39, 0.29) is 5.56 Å². The van der Waals surface area contributed by atoms with Crippen LogP contribution in [0.3, 0.4) is 0 Å². The molecule has 1 aromatic carbocycles. The lowest BCUT2D eigenvalue weighted by Gasteiger charge is -2.21. The van der Waals surface area contributed by atoms with Crippen LogP contribution in [0.4, 0.5) is 17.5 Å². The van der Waals surface area contributed by atoms with E-state index in [1.807, 2.05) is 30.3 Å². The number of H-pyrrole nitrogens is 1. The van der Waals surface area contributed by atoms with Gasteiger partial charge >= 0.3 is 0 Å². The minimum Gasteiger partial charge on any atom is -0.341 e. The third kappa shape index (κ3) is 3.31. The summed E-state index contributed by atoms with van der Waals surface area (Å²) < 4.78 is 0. The summed E-state index contributed by atoms with van der Waals surface area (Å²) in [5, 5.41) is 10.0. The van der Waals surface area contributed by atoms with E-state index in [1.54, 1.807) is 6.20 Å². The van der Waals surface area contributed by atoms with Crippen LogP contribution >= 0.6 is 0 Å². The molecule has 1 aliphatic heterocycles. The summed E-state index contributed by atoms with van der Waals surface area (Å²) >= 11 is 0. The fraction of sp³-hybridized carbons (Fsp3) is 0.333. The summed E-state index contributed by atoms with van der Waals surface area (Å²) in [5.41, 5.74) is 1.13. The predicted octanol–water partition coefficient (Wildman–Crippen LogP) is 2.84. The summed E-state index contributed by atoms with van der Waals surface area (Å²) in [6, 6.07) is 9.70. The number of nitrogens with one attached hydrogen (secondary N) is 2. The number of rotatable bonds is 3. The van der Waals surface area contributed by atoms with Gasteiger partial charge in [-0.05, 0) is 25.0 Å². The quantitative estimate of drug-likeness (QED) is 0.765. The van der Waals surface area contributed by atoms with Crippen molar-refractivity contribution in [1.29, 1.82) is 0 Å². The number of nitrogens with zero attached hydrogens (tertiary/aromatic N) is 4. The monoisotopic (exact) mass is 336 g/mol. The minimum atomic E-state index is -0.293. The third-order valence-corrected chi connectivity index (χ3v) is 4.43. The van der Waals surface area contributed by atoms with Crippen molar-refractivity contribution in [2.45, 2.75) is 25.7 Å². The molecule has 3 heterocycles. The first-order valence-corrected chi connectivity index (χ1v) is 8.64. The second-order valence-electron chi connectivity index (χ2n) is 6.22.